The summed E-state index contributed by atoms with van der Waals surface area (Å²) in [5.41, 5.74) is 0.597. The van der Waals surface area contributed by atoms with Crippen molar-refractivity contribution in [1.82, 2.24) is 0 Å². The van der Waals surface area contributed by atoms with E-state index < -0.39 is 0 Å². The Morgan fingerprint density at radius 2 is 2.33 bits per heavy atom. The predicted molar refractivity (Wildman–Crippen MR) is 34.2 cm³/mol. The molecule has 2 nitrogen and oxygen atoms in total. The van der Waals surface area contributed by atoms with Gasteiger partial charge in [-0.05, 0) is 12.5 Å². The Morgan fingerprint density at radius 1 is 1.78 bits per heavy atom. The van der Waals surface area contributed by atoms with Crippen molar-refractivity contribution in [1.29, 1.82) is 0 Å². The molecule has 1 rings (SSSR count). The van der Waals surface area contributed by atoms with E-state index >= 15 is 0 Å². The van der Waals surface area contributed by atoms with Gasteiger partial charge in [-0.2, -0.15) is 0 Å². The first kappa shape index (κ1) is 6.49. The van der Waals surface area contributed by atoms with Crippen LogP contribution in [0.5, 0.6) is 0 Å². The Balaban J connectivity index is 2.42. The quantitative estimate of drug-likeness (QED) is 0.514. The molecule has 0 spiro atoms. The van der Waals surface area contributed by atoms with E-state index in [1.165, 1.54) is 0 Å². The topological polar surface area (TPSA) is 26.3 Å². The number of carbonyl (C=O) groups is 1. The van der Waals surface area contributed by atoms with E-state index in [4.69, 9.17) is 4.74 Å². The molecule has 0 bridgehead atoms. The van der Waals surface area contributed by atoms with E-state index in [0.29, 0.717) is 5.57 Å². The van der Waals surface area contributed by atoms with Gasteiger partial charge in [-0.3, -0.25) is 4.79 Å². The maximum atomic E-state index is 10.9. The number of ketones is 1. The Bertz CT molecular complexity index is 145. The third kappa shape index (κ3) is 1.19. The number of hydrogen-bond donors (Lipinski definition) is 0. The number of Topliss-reactive ketones (excluding diaryl/α,β-unsaturated/α-hetero) is 1. The molecule has 0 aromatic carbocycles. The van der Waals surface area contributed by atoms with Gasteiger partial charge >= 0.3 is 0 Å². The molecule has 0 N–H and O–H groups in total. The maximum Gasteiger partial charge on any atom is 0.186 e. The van der Waals surface area contributed by atoms with Crippen LogP contribution < -0.4 is 0 Å². The highest BCUT2D eigenvalue weighted by atomic mass is 16.5. The van der Waals surface area contributed by atoms with E-state index in [-0.39, 0.29) is 11.9 Å². The smallest absolute Gasteiger partial charge is 0.186 e. The summed E-state index contributed by atoms with van der Waals surface area (Å²) in [5.74, 6) is 0.0567. The lowest BCUT2D eigenvalue weighted by atomic mass is 10.0. The van der Waals surface area contributed by atoms with Crippen molar-refractivity contribution in [2.75, 3.05) is 6.61 Å². The van der Waals surface area contributed by atoms with Gasteiger partial charge in [0.25, 0.3) is 0 Å². The van der Waals surface area contributed by atoms with Gasteiger partial charge in [0.1, 0.15) is 6.10 Å². The number of rotatable bonds is 2. The predicted octanol–water partition coefficient (Wildman–Crippen LogP) is 0.920. The fourth-order valence-electron chi connectivity index (χ4n) is 0.717. The second kappa shape index (κ2) is 2.31. The molecule has 0 saturated carbocycles. The molecule has 2 heteroatoms. The lowest BCUT2D eigenvalue weighted by molar-refractivity contribution is -0.138. The van der Waals surface area contributed by atoms with Gasteiger partial charge in [-0.15, -0.1) is 0 Å². The van der Waals surface area contributed by atoms with Gasteiger partial charge in [-0.1, -0.05) is 6.58 Å². The highest BCUT2D eigenvalue weighted by Crippen LogP contribution is 2.14. The molecule has 0 aromatic heterocycles. The largest absolute Gasteiger partial charge is 0.370 e. The van der Waals surface area contributed by atoms with E-state index in [0.717, 1.165) is 13.0 Å². The van der Waals surface area contributed by atoms with Gasteiger partial charge in [0.15, 0.2) is 5.78 Å². The van der Waals surface area contributed by atoms with Crippen LogP contribution >= 0.6 is 0 Å². The minimum Gasteiger partial charge on any atom is -0.370 e. The second-order valence-electron chi connectivity index (χ2n) is 2.29. The minimum absolute atomic E-state index is 0.0567. The van der Waals surface area contributed by atoms with Crippen LogP contribution in [0.3, 0.4) is 0 Å². The summed E-state index contributed by atoms with van der Waals surface area (Å²) in [6, 6.07) is 0. The summed E-state index contributed by atoms with van der Waals surface area (Å²) in [7, 11) is 0. The summed E-state index contributed by atoms with van der Waals surface area (Å²) in [4.78, 5) is 10.9. The van der Waals surface area contributed by atoms with Gasteiger partial charge in [0.05, 0.1) is 6.61 Å². The molecule has 1 aliphatic rings. The Kier molecular flexibility index (Phi) is 1.67. The van der Waals surface area contributed by atoms with Crippen LogP contribution in [0.25, 0.3) is 0 Å². The van der Waals surface area contributed by atoms with Crippen molar-refractivity contribution in [3.63, 3.8) is 0 Å². The number of ether oxygens (including phenoxy) is 1. The molecule has 1 unspecified atom stereocenters. The van der Waals surface area contributed by atoms with Crippen LogP contribution in [-0.2, 0) is 9.53 Å². The highest BCUT2D eigenvalue weighted by Gasteiger charge is 2.25. The zero-order valence-corrected chi connectivity index (χ0v) is 5.52. The van der Waals surface area contributed by atoms with Crippen molar-refractivity contribution in [2.45, 2.75) is 19.4 Å². The van der Waals surface area contributed by atoms with E-state index in [9.17, 15) is 4.79 Å². The first-order valence-electron chi connectivity index (χ1n) is 3.03. The molecular weight excluding hydrogens is 116 g/mol. The monoisotopic (exact) mass is 126 g/mol. The van der Waals surface area contributed by atoms with E-state index in [2.05, 4.69) is 6.58 Å². The summed E-state index contributed by atoms with van der Waals surface area (Å²) < 4.78 is 4.94. The SMILES string of the molecule is C=C(C)C(=O)C1CCO1. The molecule has 0 amide bonds. The molecular formula is C7H10O2. The third-order valence-electron chi connectivity index (χ3n) is 1.41. The van der Waals surface area contributed by atoms with Crippen molar-refractivity contribution in [3.05, 3.63) is 12.2 Å². The van der Waals surface area contributed by atoms with Crippen molar-refractivity contribution in [2.24, 2.45) is 0 Å². The second-order valence-corrected chi connectivity index (χ2v) is 2.29. The molecule has 1 fully saturated rings. The lowest BCUT2D eigenvalue weighted by Gasteiger charge is -2.24. The normalized spacial score (nSPS) is 24.8. The molecule has 0 aromatic rings. The third-order valence-corrected chi connectivity index (χ3v) is 1.41. The molecule has 1 aliphatic heterocycles. The fourth-order valence-corrected chi connectivity index (χ4v) is 0.717. The van der Waals surface area contributed by atoms with Crippen molar-refractivity contribution >= 4 is 5.78 Å². The number of hydrogen-bond acceptors (Lipinski definition) is 2. The van der Waals surface area contributed by atoms with Crippen LogP contribution in [0.2, 0.25) is 0 Å². The van der Waals surface area contributed by atoms with Crippen molar-refractivity contribution in [3.8, 4) is 0 Å². The van der Waals surface area contributed by atoms with Gasteiger partial charge in [0, 0.05) is 6.42 Å². The van der Waals surface area contributed by atoms with Gasteiger partial charge < -0.3 is 4.74 Å². The summed E-state index contributed by atoms with van der Waals surface area (Å²) in [5, 5.41) is 0. The van der Waals surface area contributed by atoms with Crippen molar-refractivity contribution < 1.29 is 9.53 Å². The molecule has 1 saturated heterocycles. The van der Waals surface area contributed by atoms with Crippen LogP contribution in [0.1, 0.15) is 13.3 Å². The molecule has 1 heterocycles. The summed E-state index contributed by atoms with van der Waals surface area (Å²) in [6.07, 6.45) is 0.702. The van der Waals surface area contributed by atoms with Gasteiger partial charge in [0.2, 0.25) is 0 Å². The first-order valence-corrected chi connectivity index (χ1v) is 3.03. The Hall–Kier alpha value is -0.630. The maximum absolute atomic E-state index is 10.9. The molecule has 0 aliphatic carbocycles. The van der Waals surface area contributed by atoms with Gasteiger partial charge in [-0.25, -0.2) is 0 Å². The lowest BCUT2D eigenvalue weighted by Crippen LogP contribution is -2.35. The standard InChI is InChI=1S/C7H10O2/c1-5(2)7(8)6-3-4-9-6/h6H,1,3-4H2,2H3. The molecule has 50 valence electrons. The molecule has 1 atom stereocenters. The average Bonchev–Trinajstić information content (AvgIpc) is 1.60. The molecule has 0 radical (unpaired) electrons. The fraction of sp³-hybridized carbons (Fsp3) is 0.571. The van der Waals surface area contributed by atoms with Crippen LogP contribution in [0.15, 0.2) is 12.2 Å². The Morgan fingerprint density at radius 3 is 2.44 bits per heavy atom. The van der Waals surface area contributed by atoms with Crippen LogP contribution in [0, 0.1) is 0 Å². The van der Waals surface area contributed by atoms with E-state index in [1.807, 2.05) is 0 Å². The average molecular weight is 126 g/mol. The Labute approximate surface area is 54.5 Å². The minimum atomic E-state index is -0.164. The summed E-state index contributed by atoms with van der Waals surface area (Å²) in [6.45, 7) is 5.97. The van der Waals surface area contributed by atoms with Crippen LogP contribution in [0.4, 0.5) is 0 Å². The van der Waals surface area contributed by atoms with E-state index in [1.54, 1.807) is 6.92 Å². The van der Waals surface area contributed by atoms with Crippen LogP contribution in [-0.4, -0.2) is 18.5 Å². The first-order chi connectivity index (χ1) is 4.22. The summed E-state index contributed by atoms with van der Waals surface area (Å²) >= 11 is 0. The zero-order valence-electron chi connectivity index (χ0n) is 5.52. The number of carbonyl (C=O) groups excluding carboxylic acids is 1. The highest BCUT2D eigenvalue weighted by molar-refractivity contribution is 5.98. The molecule has 9 heavy (non-hydrogen) atoms. The zero-order chi connectivity index (χ0) is 6.85.